The number of hydrogen-bond acceptors (Lipinski definition) is 7. The first kappa shape index (κ1) is 24.7. The second kappa shape index (κ2) is 12.3. The number of piperidine rings is 1. The fraction of sp³-hybridized carbons (Fsp3) is 0.500. The first-order valence-corrected chi connectivity index (χ1v) is 11.7. The van der Waals surface area contributed by atoms with Crippen LogP contribution in [-0.4, -0.2) is 71.4 Å². The van der Waals surface area contributed by atoms with Crippen LogP contribution in [0.4, 0.5) is 0 Å². The molecule has 0 aromatic carbocycles. The Labute approximate surface area is 189 Å². The summed E-state index contributed by atoms with van der Waals surface area (Å²) in [5, 5.41) is 4.55. The third kappa shape index (κ3) is 7.90. The molecule has 168 valence electrons. The molecule has 1 aliphatic rings. The summed E-state index contributed by atoms with van der Waals surface area (Å²) in [6.45, 7) is 0.388. The lowest BCUT2D eigenvalue weighted by Gasteiger charge is -2.38. The number of carbonyl (C=O) groups excluding carboxylic acids is 4. The lowest BCUT2D eigenvalue weighted by Crippen LogP contribution is -2.58. The van der Waals surface area contributed by atoms with Gasteiger partial charge in [-0.05, 0) is 17.9 Å². The average Bonchev–Trinajstić information content (AvgIpc) is 3.24. The summed E-state index contributed by atoms with van der Waals surface area (Å²) in [4.78, 5) is 51.0. The van der Waals surface area contributed by atoms with Gasteiger partial charge in [0.15, 0.2) is 0 Å². The van der Waals surface area contributed by atoms with E-state index in [1.165, 1.54) is 16.2 Å². The van der Waals surface area contributed by atoms with Gasteiger partial charge in [-0.15, -0.1) is 29.5 Å². The minimum absolute atomic E-state index is 0.00884. The van der Waals surface area contributed by atoms with Crippen LogP contribution in [0.2, 0.25) is 0 Å². The van der Waals surface area contributed by atoms with Crippen molar-refractivity contribution in [3.63, 3.8) is 0 Å². The predicted octanol–water partition coefficient (Wildman–Crippen LogP) is -0.511. The number of nitrogens with two attached hydrogens (primary N) is 2. The average molecular weight is 467 g/mol. The highest BCUT2D eigenvalue weighted by Crippen LogP contribution is 2.22. The molecule has 0 spiro atoms. The highest BCUT2D eigenvalue weighted by molar-refractivity contribution is 8.00. The van der Waals surface area contributed by atoms with E-state index in [9.17, 15) is 19.2 Å². The molecule has 5 N–H and O–H groups in total. The number of rotatable bonds is 11. The quantitative estimate of drug-likeness (QED) is 0.375. The van der Waals surface area contributed by atoms with Gasteiger partial charge in [-0.1, -0.05) is 12.0 Å². The third-order valence-corrected chi connectivity index (χ3v) is 6.53. The summed E-state index contributed by atoms with van der Waals surface area (Å²) in [7, 11) is 0. The molecule has 2 rings (SSSR count). The fourth-order valence-electron chi connectivity index (χ4n) is 3.24. The molecule has 0 aliphatic carbocycles. The van der Waals surface area contributed by atoms with Crippen LogP contribution in [-0.2, 0) is 30.3 Å². The second-order valence-corrected chi connectivity index (χ2v) is 8.99. The Balaban J connectivity index is 2.10. The molecule has 1 aliphatic heterocycles. The van der Waals surface area contributed by atoms with Gasteiger partial charge in [0.1, 0.15) is 18.7 Å². The highest BCUT2D eigenvalue weighted by Gasteiger charge is 2.37. The minimum atomic E-state index is -0.903. The summed E-state index contributed by atoms with van der Waals surface area (Å²) in [6.07, 6.45) is 5.98. The number of terminal acetylenes is 1. The van der Waals surface area contributed by atoms with Gasteiger partial charge in [-0.25, -0.2) is 0 Å². The van der Waals surface area contributed by atoms with Gasteiger partial charge in [-0.3, -0.25) is 19.2 Å². The third-order valence-electron chi connectivity index (χ3n) is 4.69. The lowest BCUT2D eigenvalue weighted by atomic mass is 9.97. The molecule has 0 radical (unpaired) electrons. The van der Waals surface area contributed by atoms with E-state index in [-0.39, 0.29) is 49.5 Å². The zero-order valence-electron chi connectivity index (χ0n) is 17.0. The van der Waals surface area contributed by atoms with Crippen LogP contribution in [0.5, 0.6) is 0 Å². The monoisotopic (exact) mass is 466 g/mol. The number of likely N-dealkylation sites (tertiary alicyclic amines) is 1. The van der Waals surface area contributed by atoms with Crippen LogP contribution < -0.4 is 16.8 Å². The van der Waals surface area contributed by atoms with Gasteiger partial charge in [0.25, 0.3) is 0 Å². The molecule has 31 heavy (non-hydrogen) atoms. The van der Waals surface area contributed by atoms with E-state index in [1.54, 1.807) is 0 Å². The summed E-state index contributed by atoms with van der Waals surface area (Å²) in [6, 6.07) is 1.95. The van der Waals surface area contributed by atoms with Crippen molar-refractivity contribution >= 4 is 46.7 Å². The molecule has 11 heteroatoms. The van der Waals surface area contributed by atoms with Crippen molar-refractivity contribution in [2.75, 3.05) is 24.7 Å². The second-order valence-electron chi connectivity index (χ2n) is 6.97. The summed E-state index contributed by atoms with van der Waals surface area (Å²) >= 11 is 2.54. The Morgan fingerprint density at radius 2 is 2.13 bits per heavy atom. The predicted molar refractivity (Wildman–Crippen MR) is 119 cm³/mol. The zero-order chi connectivity index (χ0) is 22.8. The largest absolute Gasteiger partial charge is 0.369 e. The zero-order valence-corrected chi connectivity index (χ0v) is 18.6. The molecular weight excluding hydrogens is 440 g/mol. The summed E-state index contributed by atoms with van der Waals surface area (Å²) < 4.78 is 5.58. The Kier molecular flexibility index (Phi) is 9.84. The molecule has 1 aromatic rings. The van der Waals surface area contributed by atoms with Crippen molar-refractivity contribution in [1.82, 2.24) is 10.2 Å². The van der Waals surface area contributed by atoms with Gasteiger partial charge < -0.3 is 26.4 Å². The van der Waals surface area contributed by atoms with E-state index in [1.807, 2.05) is 17.5 Å². The Hall–Kier alpha value is -2.55. The molecule has 4 amide bonds. The first-order chi connectivity index (χ1) is 14.8. The highest BCUT2D eigenvalue weighted by atomic mass is 32.2. The van der Waals surface area contributed by atoms with Crippen molar-refractivity contribution in [2.24, 2.45) is 11.5 Å². The van der Waals surface area contributed by atoms with Crippen molar-refractivity contribution in [2.45, 2.75) is 37.5 Å². The maximum atomic E-state index is 13.1. The normalized spacial score (nSPS) is 19.3. The van der Waals surface area contributed by atoms with E-state index >= 15 is 0 Å². The summed E-state index contributed by atoms with van der Waals surface area (Å²) in [5.74, 6) is 0.452. The fourth-order valence-corrected chi connectivity index (χ4v) is 4.64. The number of thioether (sulfide) groups is 1. The molecule has 2 heterocycles. The Morgan fingerprint density at radius 1 is 1.35 bits per heavy atom. The maximum Gasteiger partial charge on any atom is 0.243 e. The Bertz CT molecular complexity index is 824. The number of amides is 4. The standard InChI is InChI=1S/C20H26N4O5S2/c1-2-7-29-13-5-6-24(18(26)12-30-11-17(21)25)16(9-13)20(28)23-15(19(22)27)10-14-4-3-8-31-14/h1,3-4,8,13,15-16H,5-7,9-12H2,(H2,21,25)(H2,22,27)(H,23,28)/t13-,15+,16+/m1/s1. The summed E-state index contributed by atoms with van der Waals surface area (Å²) in [5.41, 5.74) is 10.6. The number of thiophene rings is 1. The molecule has 1 aromatic heterocycles. The van der Waals surface area contributed by atoms with Crippen LogP contribution >= 0.6 is 23.1 Å². The van der Waals surface area contributed by atoms with Crippen LogP contribution in [0.1, 0.15) is 17.7 Å². The molecule has 9 nitrogen and oxygen atoms in total. The van der Waals surface area contributed by atoms with Crippen molar-refractivity contribution < 1.29 is 23.9 Å². The molecule has 0 saturated carbocycles. The molecule has 1 fully saturated rings. The number of nitrogens with zero attached hydrogens (tertiary/aromatic N) is 1. The van der Waals surface area contributed by atoms with Crippen molar-refractivity contribution in [1.29, 1.82) is 0 Å². The number of carbonyl (C=O) groups is 4. The van der Waals surface area contributed by atoms with Crippen molar-refractivity contribution in [3.05, 3.63) is 22.4 Å². The van der Waals surface area contributed by atoms with Gasteiger partial charge in [0.2, 0.25) is 23.6 Å². The molecule has 0 unspecified atom stereocenters. The topological polar surface area (TPSA) is 145 Å². The molecule has 1 saturated heterocycles. The van der Waals surface area contributed by atoms with Gasteiger partial charge in [-0.2, -0.15) is 0 Å². The van der Waals surface area contributed by atoms with Crippen LogP contribution in [0.25, 0.3) is 0 Å². The number of nitrogens with one attached hydrogen (secondary N) is 1. The first-order valence-electron chi connectivity index (χ1n) is 9.64. The minimum Gasteiger partial charge on any atom is -0.369 e. The Morgan fingerprint density at radius 3 is 2.74 bits per heavy atom. The van der Waals surface area contributed by atoms with Crippen LogP contribution in [0, 0.1) is 12.3 Å². The van der Waals surface area contributed by atoms with Gasteiger partial charge >= 0.3 is 0 Å². The number of primary amides is 2. The number of hydrogen-bond donors (Lipinski definition) is 3. The van der Waals surface area contributed by atoms with Crippen molar-refractivity contribution in [3.8, 4) is 12.3 Å². The van der Waals surface area contributed by atoms with E-state index in [4.69, 9.17) is 22.6 Å². The van der Waals surface area contributed by atoms with E-state index in [2.05, 4.69) is 11.2 Å². The molecular formula is C20H26N4O5S2. The number of ether oxygens (including phenoxy) is 1. The van der Waals surface area contributed by atoms with Crippen LogP contribution in [0.3, 0.4) is 0 Å². The van der Waals surface area contributed by atoms with E-state index in [0.717, 1.165) is 16.6 Å². The molecule has 0 bridgehead atoms. The van der Waals surface area contributed by atoms with Gasteiger partial charge in [0, 0.05) is 24.3 Å². The SMILES string of the molecule is C#CCO[C@@H]1CCN(C(=O)CSCC(N)=O)[C@H](C(=O)N[C@@H](Cc2cccs2)C(N)=O)C1. The molecule has 3 atom stereocenters. The van der Waals surface area contributed by atoms with E-state index < -0.39 is 29.8 Å². The lowest BCUT2D eigenvalue weighted by molar-refractivity contribution is -0.144. The van der Waals surface area contributed by atoms with Gasteiger partial charge in [0.05, 0.1) is 17.6 Å². The van der Waals surface area contributed by atoms with Crippen LogP contribution in [0.15, 0.2) is 17.5 Å². The maximum absolute atomic E-state index is 13.1. The van der Waals surface area contributed by atoms with E-state index in [0.29, 0.717) is 6.42 Å². The smallest absolute Gasteiger partial charge is 0.243 e.